The van der Waals surface area contributed by atoms with Gasteiger partial charge in [0.15, 0.2) is 11.5 Å². The molecular formula is C14H12N2O8. The van der Waals surface area contributed by atoms with Gasteiger partial charge in [-0.25, -0.2) is 0 Å². The zero-order valence-corrected chi connectivity index (χ0v) is 12.1. The number of phenols is 2. The van der Waals surface area contributed by atoms with Crippen LogP contribution in [0.5, 0.6) is 23.0 Å². The maximum absolute atomic E-state index is 10.5. The Bertz CT molecular complexity index is 777. The minimum Gasteiger partial charge on any atom is -0.504 e. The van der Waals surface area contributed by atoms with Gasteiger partial charge < -0.3 is 19.7 Å². The molecule has 0 aromatic heterocycles. The molecule has 2 aromatic carbocycles. The number of nitro groups is 2. The smallest absolute Gasteiger partial charge is 0.314 e. The third kappa shape index (κ3) is 3.61. The van der Waals surface area contributed by atoms with E-state index in [1.807, 2.05) is 0 Å². The van der Waals surface area contributed by atoms with Crippen molar-refractivity contribution in [2.24, 2.45) is 0 Å². The van der Waals surface area contributed by atoms with Crippen molar-refractivity contribution in [2.75, 3.05) is 13.2 Å². The first-order chi connectivity index (χ1) is 11.4. The maximum atomic E-state index is 10.5. The largest absolute Gasteiger partial charge is 0.504 e. The quantitative estimate of drug-likeness (QED) is 0.483. The molecule has 0 saturated heterocycles. The van der Waals surface area contributed by atoms with E-state index >= 15 is 0 Å². The summed E-state index contributed by atoms with van der Waals surface area (Å²) in [5.41, 5.74) is -0.540. The molecule has 24 heavy (non-hydrogen) atoms. The van der Waals surface area contributed by atoms with Crippen LogP contribution >= 0.6 is 0 Å². The molecule has 10 nitrogen and oxygen atoms in total. The SMILES string of the molecule is O=[N+]([O-])c1cccc(O)c1O.O=[N+]([O-])c1cccc2c1OCCO2. The lowest BCUT2D eigenvalue weighted by Crippen LogP contribution is -2.16. The predicted octanol–water partition coefficient (Wildman–Crippen LogP) is 2.37. The number of para-hydroxylation sites is 2. The van der Waals surface area contributed by atoms with Crippen LogP contribution in [-0.4, -0.2) is 33.3 Å². The fraction of sp³-hybridized carbons (Fsp3) is 0.143. The van der Waals surface area contributed by atoms with E-state index in [0.717, 1.165) is 6.07 Å². The Balaban J connectivity index is 0.000000177. The lowest BCUT2D eigenvalue weighted by Gasteiger charge is -2.17. The number of phenolic OH excluding ortho intramolecular Hbond substituents is 2. The molecule has 2 aromatic rings. The minimum atomic E-state index is -0.769. The number of hydrogen-bond acceptors (Lipinski definition) is 8. The summed E-state index contributed by atoms with van der Waals surface area (Å²) < 4.78 is 10.3. The maximum Gasteiger partial charge on any atom is 0.314 e. The van der Waals surface area contributed by atoms with Gasteiger partial charge in [-0.15, -0.1) is 0 Å². The first kappa shape index (κ1) is 16.8. The van der Waals surface area contributed by atoms with Crippen LogP contribution in [-0.2, 0) is 0 Å². The lowest BCUT2D eigenvalue weighted by atomic mass is 10.2. The normalized spacial score (nSPS) is 11.8. The van der Waals surface area contributed by atoms with Gasteiger partial charge in [0.05, 0.1) is 9.85 Å². The molecule has 0 spiro atoms. The highest BCUT2D eigenvalue weighted by Gasteiger charge is 2.22. The topological polar surface area (TPSA) is 145 Å². The zero-order chi connectivity index (χ0) is 17.7. The van der Waals surface area contributed by atoms with Crippen molar-refractivity contribution in [2.45, 2.75) is 0 Å². The third-order valence-electron chi connectivity index (χ3n) is 2.93. The molecule has 2 N–H and O–H groups in total. The van der Waals surface area contributed by atoms with Crippen LogP contribution in [0.15, 0.2) is 36.4 Å². The van der Waals surface area contributed by atoms with Crippen LogP contribution in [0, 0.1) is 20.2 Å². The van der Waals surface area contributed by atoms with E-state index in [4.69, 9.17) is 19.7 Å². The third-order valence-corrected chi connectivity index (χ3v) is 2.93. The van der Waals surface area contributed by atoms with Crippen LogP contribution in [0.3, 0.4) is 0 Å². The highest BCUT2D eigenvalue weighted by molar-refractivity contribution is 5.56. The first-order valence-electron chi connectivity index (χ1n) is 6.60. The minimum absolute atomic E-state index is 0.0443. The second kappa shape index (κ2) is 7.13. The predicted molar refractivity (Wildman–Crippen MR) is 80.5 cm³/mol. The van der Waals surface area contributed by atoms with E-state index in [1.54, 1.807) is 12.1 Å². The number of ether oxygens (including phenoxy) is 2. The summed E-state index contributed by atoms with van der Waals surface area (Å²) in [7, 11) is 0. The molecule has 0 atom stereocenters. The second-order valence-electron chi connectivity index (χ2n) is 4.46. The molecule has 126 valence electrons. The van der Waals surface area contributed by atoms with Gasteiger partial charge in [-0.05, 0) is 12.1 Å². The Morgan fingerprint density at radius 2 is 1.46 bits per heavy atom. The van der Waals surface area contributed by atoms with Crippen LogP contribution < -0.4 is 9.47 Å². The second-order valence-corrected chi connectivity index (χ2v) is 4.46. The van der Waals surface area contributed by atoms with E-state index in [0.29, 0.717) is 19.0 Å². The van der Waals surface area contributed by atoms with E-state index in [2.05, 4.69) is 0 Å². The average Bonchev–Trinajstić information content (AvgIpc) is 2.57. The molecule has 0 amide bonds. The van der Waals surface area contributed by atoms with Crippen molar-refractivity contribution in [3.63, 3.8) is 0 Å². The summed E-state index contributed by atoms with van der Waals surface area (Å²) in [6.45, 7) is 0.798. The van der Waals surface area contributed by atoms with Crippen molar-refractivity contribution in [1.29, 1.82) is 0 Å². The van der Waals surface area contributed by atoms with Crippen molar-refractivity contribution in [1.82, 2.24) is 0 Å². The summed E-state index contributed by atoms with van der Waals surface area (Å²) in [6, 6.07) is 8.19. The molecule has 0 aliphatic carbocycles. The number of nitro benzene ring substituents is 2. The van der Waals surface area contributed by atoms with Gasteiger partial charge in [-0.3, -0.25) is 20.2 Å². The number of fused-ring (bicyclic) bond motifs is 1. The lowest BCUT2D eigenvalue weighted by molar-refractivity contribution is -0.386. The molecule has 1 heterocycles. The fourth-order valence-electron chi connectivity index (χ4n) is 1.87. The highest BCUT2D eigenvalue weighted by Crippen LogP contribution is 2.38. The molecule has 0 bridgehead atoms. The standard InChI is InChI=1S/C8H7NO4.C6H5NO4/c10-9(11)6-2-1-3-7-8(6)13-5-4-12-7;8-5-3-1-2-4(6(5)9)7(10)11/h1-3H,4-5H2;1-3,8-9H. The van der Waals surface area contributed by atoms with Crippen molar-refractivity contribution < 1.29 is 29.5 Å². The number of hydrogen-bond donors (Lipinski definition) is 2. The fourth-order valence-corrected chi connectivity index (χ4v) is 1.87. The molecular weight excluding hydrogens is 324 g/mol. The van der Waals surface area contributed by atoms with E-state index < -0.39 is 27.0 Å². The van der Waals surface area contributed by atoms with Gasteiger partial charge in [-0.2, -0.15) is 0 Å². The van der Waals surface area contributed by atoms with Crippen LogP contribution in [0.25, 0.3) is 0 Å². The van der Waals surface area contributed by atoms with Crippen LogP contribution in [0.2, 0.25) is 0 Å². The molecule has 0 unspecified atom stereocenters. The van der Waals surface area contributed by atoms with Crippen molar-refractivity contribution in [3.8, 4) is 23.0 Å². The zero-order valence-electron chi connectivity index (χ0n) is 12.1. The summed E-state index contributed by atoms with van der Waals surface area (Å²) >= 11 is 0. The van der Waals surface area contributed by atoms with Gasteiger partial charge >= 0.3 is 11.4 Å². The summed E-state index contributed by atoms with van der Waals surface area (Å²) in [4.78, 5) is 19.4. The number of rotatable bonds is 2. The van der Waals surface area contributed by atoms with Gasteiger partial charge in [0, 0.05) is 12.1 Å². The van der Waals surface area contributed by atoms with Crippen LogP contribution in [0.1, 0.15) is 0 Å². The van der Waals surface area contributed by atoms with Crippen molar-refractivity contribution >= 4 is 11.4 Å². The molecule has 0 saturated carbocycles. The van der Waals surface area contributed by atoms with Gasteiger partial charge in [0.25, 0.3) is 0 Å². The number of benzene rings is 2. The molecule has 10 heteroatoms. The Hall–Kier alpha value is -3.56. The first-order valence-corrected chi connectivity index (χ1v) is 6.60. The molecule has 1 aliphatic rings. The van der Waals surface area contributed by atoms with E-state index in [9.17, 15) is 20.2 Å². The Labute approximate surface area is 134 Å². The summed E-state index contributed by atoms with van der Waals surface area (Å²) in [5.74, 6) is -0.504. The summed E-state index contributed by atoms with van der Waals surface area (Å²) in [5, 5.41) is 38.3. The van der Waals surface area contributed by atoms with Gasteiger partial charge in [-0.1, -0.05) is 12.1 Å². The number of aromatic hydroxyl groups is 2. The Morgan fingerprint density at radius 3 is 2.08 bits per heavy atom. The van der Waals surface area contributed by atoms with Gasteiger partial charge in [0.2, 0.25) is 11.5 Å². The monoisotopic (exact) mass is 336 g/mol. The van der Waals surface area contributed by atoms with Crippen molar-refractivity contribution in [3.05, 3.63) is 56.6 Å². The Morgan fingerprint density at radius 1 is 0.875 bits per heavy atom. The average molecular weight is 336 g/mol. The van der Waals surface area contributed by atoms with E-state index in [-0.39, 0.29) is 11.4 Å². The molecule has 1 aliphatic heterocycles. The van der Waals surface area contributed by atoms with E-state index in [1.165, 1.54) is 18.2 Å². The molecule has 0 radical (unpaired) electrons. The highest BCUT2D eigenvalue weighted by atomic mass is 16.6. The van der Waals surface area contributed by atoms with Crippen LogP contribution in [0.4, 0.5) is 11.4 Å². The molecule has 0 fully saturated rings. The van der Waals surface area contributed by atoms with Gasteiger partial charge in [0.1, 0.15) is 13.2 Å². The molecule has 3 rings (SSSR count). The Kier molecular flexibility index (Phi) is 5.00. The summed E-state index contributed by atoms with van der Waals surface area (Å²) in [6.07, 6.45) is 0. The number of nitrogens with zero attached hydrogens (tertiary/aromatic N) is 2.